The number of hydrogen-bond donors (Lipinski definition) is 1. The van der Waals surface area contributed by atoms with E-state index in [-0.39, 0.29) is 17.3 Å². The summed E-state index contributed by atoms with van der Waals surface area (Å²) >= 11 is 7.94. The molecule has 10 heteroatoms. The van der Waals surface area contributed by atoms with Crippen LogP contribution in [-0.4, -0.2) is 50.5 Å². The van der Waals surface area contributed by atoms with Crippen LogP contribution in [0.2, 0.25) is 5.02 Å². The molecule has 0 spiro atoms. The number of nitrogens with one attached hydrogen (secondary N) is 1. The van der Waals surface area contributed by atoms with Crippen LogP contribution in [0.5, 0.6) is 0 Å². The highest BCUT2D eigenvalue weighted by Crippen LogP contribution is 2.27. The minimum Gasteiger partial charge on any atom is -0.354 e. The van der Waals surface area contributed by atoms with Crippen molar-refractivity contribution in [3.05, 3.63) is 88.9 Å². The molecule has 7 nitrogen and oxygen atoms in total. The van der Waals surface area contributed by atoms with E-state index in [1.807, 2.05) is 33.1 Å². The topological polar surface area (TPSA) is 86.8 Å². The normalized spacial score (nSPS) is 12.0. The summed E-state index contributed by atoms with van der Waals surface area (Å²) in [6.07, 6.45) is 3.00. The Morgan fingerprint density at radius 2 is 1.62 bits per heavy atom. The molecule has 3 aromatic rings. The first kappa shape index (κ1) is 31.5. The number of aryl methyl sites for hydroxylation is 1. The molecule has 0 aromatic heterocycles. The molecule has 0 radical (unpaired) electrons. The van der Waals surface area contributed by atoms with Gasteiger partial charge in [-0.3, -0.25) is 13.9 Å². The zero-order valence-electron chi connectivity index (χ0n) is 23.3. The molecule has 0 aliphatic carbocycles. The summed E-state index contributed by atoms with van der Waals surface area (Å²) in [5.41, 5.74) is 1.97. The molecule has 1 atom stereocenters. The van der Waals surface area contributed by atoms with Crippen LogP contribution in [0.1, 0.15) is 37.8 Å². The van der Waals surface area contributed by atoms with Crippen molar-refractivity contribution in [3.63, 3.8) is 0 Å². The molecule has 0 saturated heterocycles. The highest BCUT2D eigenvalue weighted by atomic mass is 35.5. The lowest BCUT2D eigenvalue weighted by atomic mass is 10.1. The molecular weight excluding hydrogens is 566 g/mol. The van der Waals surface area contributed by atoms with Gasteiger partial charge in [0.15, 0.2) is 0 Å². The molecule has 2 amide bonds. The molecule has 3 rings (SSSR count). The summed E-state index contributed by atoms with van der Waals surface area (Å²) in [4.78, 5) is 29.6. The first-order valence-electron chi connectivity index (χ1n) is 13.2. The maximum atomic E-state index is 14.1. The van der Waals surface area contributed by atoms with Crippen LogP contribution in [0.15, 0.2) is 82.6 Å². The third-order valence-corrected chi connectivity index (χ3v) is 9.38. The zero-order chi connectivity index (χ0) is 29.3. The van der Waals surface area contributed by atoms with Gasteiger partial charge in [-0.25, -0.2) is 8.42 Å². The van der Waals surface area contributed by atoms with Crippen LogP contribution in [-0.2, 0) is 26.2 Å². The van der Waals surface area contributed by atoms with Crippen molar-refractivity contribution < 1.29 is 18.0 Å². The Hall–Kier alpha value is -3.01. The van der Waals surface area contributed by atoms with Crippen molar-refractivity contribution in [1.82, 2.24) is 10.2 Å². The van der Waals surface area contributed by atoms with Crippen molar-refractivity contribution in [3.8, 4) is 0 Å². The van der Waals surface area contributed by atoms with Gasteiger partial charge < -0.3 is 10.2 Å². The Morgan fingerprint density at radius 1 is 0.975 bits per heavy atom. The van der Waals surface area contributed by atoms with Crippen LogP contribution in [0.3, 0.4) is 0 Å². The lowest BCUT2D eigenvalue weighted by Gasteiger charge is -2.33. The number of anilines is 1. The molecule has 0 heterocycles. The van der Waals surface area contributed by atoms with E-state index in [4.69, 9.17) is 11.6 Å². The van der Waals surface area contributed by atoms with Gasteiger partial charge in [-0.05, 0) is 74.0 Å². The largest absolute Gasteiger partial charge is 0.354 e. The number of halogens is 1. The monoisotopic (exact) mass is 601 g/mol. The summed E-state index contributed by atoms with van der Waals surface area (Å²) in [5, 5.41) is 3.34. The average Bonchev–Trinajstić information content (AvgIpc) is 2.96. The van der Waals surface area contributed by atoms with Gasteiger partial charge >= 0.3 is 0 Å². The summed E-state index contributed by atoms with van der Waals surface area (Å²) < 4.78 is 29.0. The van der Waals surface area contributed by atoms with Gasteiger partial charge in [-0.1, -0.05) is 61.3 Å². The maximum Gasteiger partial charge on any atom is 0.264 e. The van der Waals surface area contributed by atoms with Crippen LogP contribution >= 0.6 is 23.4 Å². The van der Waals surface area contributed by atoms with Gasteiger partial charge in [-0.15, -0.1) is 11.8 Å². The molecule has 40 heavy (non-hydrogen) atoms. The number of nitrogens with zero attached hydrogens (tertiary/aromatic N) is 2. The van der Waals surface area contributed by atoms with Gasteiger partial charge in [0.25, 0.3) is 10.0 Å². The number of carbonyl (C=O) groups is 2. The fourth-order valence-corrected chi connectivity index (χ4v) is 6.23. The van der Waals surface area contributed by atoms with E-state index in [2.05, 4.69) is 5.32 Å². The highest BCUT2D eigenvalue weighted by molar-refractivity contribution is 7.98. The Labute approximate surface area is 247 Å². The number of rotatable bonds is 13. The van der Waals surface area contributed by atoms with Crippen molar-refractivity contribution >= 4 is 50.9 Å². The number of hydrogen-bond acceptors (Lipinski definition) is 5. The van der Waals surface area contributed by atoms with Crippen molar-refractivity contribution in [1.29, 1.82) is 0 Å². The zero-order valence-corrected chi connectivity index (χ0v) is 25.7. The van der Waals surface area contributed by atoms with Gasteiger partial charge in [0.05, 0.1) is 10.6 Å². The predicted octanol–water partition coefficient (Wildman–Crippen LogP) is 5.90. The Kier molecular flexibility index (Phi) is 11.5. The molecule has 0 aliphatic heterocycles. The number of sulfonamides is 1. The minimum absolute atomic E-state index is 0.0563. The van der Waals surface area contributed by atoms with E-state index in [1.54, 1.807) is 66.7 Å². The molecule has 0 fully saturated rings. The molecular formula is C30H36ClN3O4S2. The quantitative estimate of drug-likeness (QED) is 0.247. The average molecular weight is 602 g/mol. The summed E-state index contributed by atoms with van der Waals surface area (Å²) in [7, 11) is -4.12. The summed E-state index contributed by atoms with van der Waals surface area (Å²) in [6, 6.07) is 19.8. The Bertz CT molecular complexity index is 1400. The second-order valence-electron chi connectivity index (χ2n) is 9.35. The SMILES string of the molecule is CCCNC(=O)C(CC)N(Cc1ccccc1Cl)C(=O)CN(c1ccc(C)cc1)S(=O)(=O)c1ccc(SC)cc1. The number of benzene rings is 3. The van der Waals surface area contributed by atoms with Gasteiger partial charge in [0.1, 0.15) is 12.6 Å². The van der Waals surface area contributed by atoms with E-state index in [0.29, 0.717) is 29.2 Å². The lowest BCUT2D eigenvalue weighted by Crippen LogP contribution is -2.52. The van der Waals surface area contributed by atoms with Gasteiger partial charge in [-0.2, -0.15) is 0 Å². The third kappa shape index (κ3) is 7.80. The molecule has 1 unspecified atom stereocenters. The lowest BCUT2D eigenvalue weighted by molar-refractivity contribution is -0.140. The molecule has 1 N–H and O–H groups in total. The van der Waals surface area contributed by atoms with Crippen molar-refractivity contribution in [2.45, 2.75) is 56.0 Å². The van der Waals surface area contributed by atoms with Gasteiger partial charge in [0, 0.05) is 23.0 Å². The molecule has 214 valence electrons. The van der Waals surface area contributed by atoms with E-state index in [9.17, 15) is 18.0 Å². The van der Waals surface area contributed by atoms with Crippen LogP contribution in [0, 0.1) is 6.92 Å². The Balaban J connectivity index is 2.05. The van der Waals surface area contributed by atoms with E-state index in [0.717, 1.165) is 21.2 Å². The first-order valence-corrected chi connectivity index (χ1v) is 16.2. The standard InChI is InChI=1S/C30H36ClN3O4S2/c1-5-19-32-30(36)28(6-2)33(20-23-9-7-8-10-27(23)31)29(35)21-34(24-13-11-22(3)12-14-24)40(37,38)26-17-15-25(39-4)16-18-26/h7-18,28H,5-6,19-21H2,1-4H3,(H,32,36). The molecule has 0 saturated carbocycles. The second-order valence-corrected chi connectivity index (χ2v) is 12.5. The summed E-state index contributed by atoms with van der Waals surface area (Å²) in [5.74, 6) is -0.801. The summed E-state index contributed by atoms with van der Waals surface area (Å²) in [6.45, 7) is 5.72. The second kappa shape index (κ2) is 14.6. The minimum atomic E-state index is -4.12. The number of carbonyl (C=O) groups excluding carboxylic acids is 2. The smallest absolute Gasteiger partial charge is 0.264 e. The maximum absolute atomic E-state index is 14.1. The van der Waals surface area contributed by atoms with Crippen LogP contribution in [0.25, 0.3) is 0 Å². The number of amides is 2. The molecule has 3 aromatic carbocycles. The fourth-order valence-electron chi connectivity index (χ4n) is 4.21. The predicted molar refractivity (Wildman–Crippen MR) is 163 cm³/mol. The molecule has 0 aliphatic rings. The Morgan fingerprint density at radius 3 is 2.20 bits per heavy atom. The molecule has 0 bridgehead atoms. The third-order valence-electron chi connectivity index (χ3n) is 6.48. The van der Waals surface area contributed by atoms with E-state index >= 15 is 0 Å². The van der Waals surface area contributed by atoms with Crippen LogP contribution < -0.4 is 9.62 Å². The van der Waals surface area contributed by atoms with E-state index < -0.39 is 28.5 Å². The fraction of sp³-hybridized carbons (Fsp3) is 0.333. The van der Waals surface area contributed by atoms with Crippen molar-refractivity contribution in [2.24, 2.45) is 0 Å². The van der Waals surface area contributed by atoms with Crippen LogP contribution in [0.4, 0.5) is 5.69 Å². The first-order chi connectivity index (χ1) is 19.1. The highest BCUT2D eigenvalue weighted by Gasteiger charge is 2.33. The van der Waals surface area contributed by atoms with Gasteiger partial charge in [0.2, 0.25) is 11.8 Å². The van der Waals surface area contributed by atoms with E-state index in [1.165, 1.54) is 16.7 Å². The number of thioether (sulfide) groups is 1. The van der Waals surface area contributed by atoms with Crippen molar-refractivity contribution in [2.75, 3.05) is 23.7 Å².